The standard InChI is InChI=1S/C37H28N3.C20H14N2.3C18H16N.3C5H8O2.4Ir.Pt/c1-24-20-25(2)32(23-31(24)34-16-8-9-19-38-34)35-18-11-17-33(39-35)29-14-10-15-30(22-29)37-27(4)21-26(3)36(40-37)28-12-6-5-7-13-28;1-3-9-17(10-4-1)15-21-19-13-7-8-14-20(19)22-16-18-11-5-2-6-12-18;1-12-4-6-17-15(9-12)5-7-18(19-17)16-10-13(2)8-14(3)11-16;1-12-4-5-15-6-7-17(19-18(15)11-12)16-9-13(2)8-14(3)10-16;1-12-4-5-17-15(9-12)6-7-19-18(17)16-10-13(2)8-14(3)11-16;3*1-4(6)3-5(2)7;;;;;/h5-12,14-21H,1-4H3;1-9,11,13-16H;4-10H,1-3H3;4-9,11H,1-3H3;4-10H,1-3H3;3*3,6H,1-2H3;;;;;/q-3;-2;3*-1;;;;;;;+3;+2. The first-order chi connectivity index (χ1) is 67.1. The first-order valence-electron chi connectivity index (χ1n) is 45.9. The Morgan fingerprint density at radius 3 is 1.22 bits per heavy atom. The van der Waals surface area contributed by atoms with Gasteiger partial charge in [0.15, 0.2) is 17.3 Å². The van der Waals surface area contributed by atoms with E-state index in [1.165, 1.54) is 115 Å². The molecule has 0 atom stereocenters. The van der Waals surface area contributed by atoms with Gasteiger partial charge in [-0.3, -0.25) is 29.3 Å². The van der Waals surface area contributed by atoms with E-state index in [1.807, 2.05) is 152 Å². The van der Waals surface area contributed by atoms with Crippen molar-refractivity contribution < 1.29 is 131 Å². The van der Waals surface area contributed by atoms with Gasteiger partial charge in [0.25, 0.3) is 0 Å². The molecule has 3 radical (unpaired) electrons. The number of aliphatic hydroxyl groups is 3. The van der Waals surface area contributed by atoms with E-state index in [0.717, 1.165) is 163 Å². The van der Waals surface area contributed by atoms with E-state index in [-0.39, 0.29) is 136 Å². The van der Waals surface area contributed by atoms with Crippen LogP contribution in [0.5, 0.6) is 0 Å². The number of aryl methyl sites for hydroxylation is 13. The number of aliphatic hydroxyl groups excluding tert-OH is 3. The molecule has 12 aromatic carbocycles. The molecule has 6 aromatic heterocycles. The topological polar surface area (TPSA) is 214 Å². The Bertz CT molecular complexity index is 7230. The maximum absolute atomic E-state index is 10.0. The average molecular weight is 2800 g/mol. The Hall–Kier alpha value is -13.4. The molecule has 14 nitrogen and oxygen atoms in total. The van der Waals surface area contributed by atoms with E-state index in [1.54, 1.807) is 12.4 Å². The molecule has 0 bridgehead atoms. The number of ketones is 3. The Labute approximate surface area is 922 Å². The van der Waals surface area contributed by atoms with Crippen LogP contribution in [0.4, 0.5) is 11.4 Å². The van der Waals surface area contributed by atoms with Gasteiger partial charge in [0.1, 0.15) is 0 Å². The Morgan fingerprint density at radius 2 is 0.717 bits per heavy atom. The van der Waals surface area contributed by atoms with Gasteiger partial charge in [-0.15, -0.1) is 260 Å². The minimum atomic E-state index is -0.125. The van der Waals surface area contributed by atoms with Crippen LogP contribution in [0.1, 0.15) is 125 Å². The van der Waals surface area contributed by atoms with Crippen molar-refractivity contribution in [3.8, 4) is 90.1 Å². The van der Waals surface area contributed by atoms with Gasteiger partial charge in [0, 0.05) is 96.6 Å². The van der Waals surface area contributed by atoms with Crippen molar-refractivity contribution in [3.63, 3.8) is 0 Å². The van der Waals surface area contributed by atoms with Gasteiger partial charge in [-0.1, -0.05) is 209 Å². The molecule has 0 spiro atoms. The predicted octanol–water partition coefficient (Wildman–Crippen LogP) is 30.6. The molecule has 18 rings (SSSR count). The molecule has 743 valence electrons. The molecule has 0 saturated carbocycles. The van der Waals surface area contributed by atoms with Crippen LogP contribution < -0.4 is 0 Å². The second-order valence-corrected chi connectivity index (χ2v) is 34.3. The third-order valence-electron chi connectivity index (χ3n) is 21.2. The van der Waals surface area contributed by atoms with Crippen molar-refractivity contribution in [2.24, 2.45) is 9.98 Å². The van der Waals surface area contributed by atoms with Crippen molar-refractivity contribution in [1.29, 1.82) is 0 Å². The Morgan fingerprint density at radius 1 is 0.297 bits per heavy atom. The molecule has 0 aliphatic heterocycles. The normalized spacial score (nSPS) is 10.7. The molecule has 6 heterocycles. The molecule has 0 fully saturated rings. The van der Waals surface area contributed by atoms with Crippen molar-refractivity contribution in [1.82, 2.24) is 29.9 Å². The summed E-state index contributed by atoms with van der Waals surface area (Å²) in [6, 6.07) is 123. The number of pyridine rings is 6. The van der Waals surface area contributed by atoms with Gasteiger partial charge < -0.3 is 40.3 Å². The van der Waals surface area contributed by atoms with E-state index in [9.17, 15) is 14.4 Å². The summed E-state index contributed by atoms with van der Waals surface area (Å²) in [6.07, 6.45) is 10.8. The van der Waals surface area contributed by atoms with E-state index >= 15 is 0 Å². The molecule has 0 aliphatic carbocycles. The first-order valence-corrected chi connectivity index (χ1v) is 45.9. The summed E-state index contributed by atoms with van der Waals surface area (Å²) in [5.74, 6) is -0.187. The van der Waals surface area contributed by atoms with Crippen LogP contribution in [0, 0.1) is 139 Å². The number of aliphatic imine (C=N–C) groups is 2. The molecule has 0 aliphatic rings. The molecule has 18 aromatic rings. The monoisotopic (exact) mass is 2800 g/mol. The fourth-order valence-corrected chi connectivity index (χ4v) is 15.3. The molecule has 19 heteroatoms. The smallest absolute Gasteiger partial charge is 0.512 e. The van der Waals surface area contributed by atoms with Gasteiger partial charge in [-0.05, 0) is 198 Å². The van der Waals surface area contributed by atoms with E-state index in [4.69, 9.17) is 35.3 Å². The third-order valence-corrected chi connectivity index (χ3v) is 21.2. The fourth-order valence-electron chi connectivity index (χ4n) is 15.3. The Kier molecular flexibility index (Phi) is 49.5. The van der Waals surface area contributed by atoms with Gasteiger partial charge in [0.2, 0.25) is 0 Å². The summed E-state index contributed by atoms with van der Waals surface area (Å²) in [6.45, 7) is 35.8. The maximum atomic E-state index is 10.0. The molecule has 145 heavy (non-hydrogen) atoms. The van der Waals surface area contributed by atoms with Crippen LogP contribution in [0.25, 0.3) is 123 Å². The number of carbonyl (C=O) groups is 3. The van der Waals surface area contributed by atoms with Gasteiger partial charge in [0.05, 0.1) is 39.7 Å². The third kappa shape index (κ3) is 37.9. The zero-order valence-corrected chi connectivity index (χ0v) is 96.3. The number of para-hydroxylation sites is 2. The fraction of sp³-hybridized carbons (Fsp3) is 0.151. The number of aromatic nitrogens is 6. The SMILES string of the molecule is CC(=O)C=C(C)O.CC(=O)C=C(C)O.CC(=O)C=C(C)O.Cc1[c-]c(-c2ccc3cc(C)ccc3n2)cc(C)c1.Cc1[c-]c(-c2ccc3ccc(C)cc3n2)cc(C)c1.Cc1[c-]c(-c2nccc3cc(C)ccc23)cc(C)c1.Cc1cc(C)c(-c2cccc(-c3[c-]c(-c4nc(-c5[c-]cccc5)c(C)cc4C)ccc3)n2)[c-]c1-c1ccccn1.[Ir+3].[Ir].[Ir].[Ir].[Pt+2].[c-]1ccccc1C=Nc1ccccc1N=Cc1[c-]cccc1. The summed E-state index contributed by atoms with van der Waals surface area (Å²) in [5, 5.41) is 29.9. The van der Waals surface area contributed by atoms with E-state index in [0.29, 0.717) is 0 Å². The van der Waals surface area contributed by atoms with Crippen LogP contribution in [-0.4, -0.2) is 75.0 Å². The molecule has 0 unspecified atom stereocenters. The number of benzene rings is 12. The van der Waals surface area contributed by atoms with Gasteiger partial charge in [-0.25, -0.2) is 0 Å². The second kappa shape index (κ2) is 59.7. The summed E-state index contributed by atoms with van der Waals surface area (Å²) in [4.78, 5) is 67.8. The number of nitrogens with zero attached hydrogens (tertiary/aromatic N) is 8. The molecule has 0 saturated heterocycles. The Balaban J connectivity index is 0.000000269. The molecule has 0 amide bonds. The summed E-state index contributed by atoms with van der Waals surface area (Å²) in [7, 11) is 0. The number of hydrogen-bond acceptors (Lipinski definition) is 14. The zero-order chi connectivity index (χ0) is 100. The quantitative estimate of drug-likeness (QED) is 0.0378. The zero-order valence-electron chi connectivity index (χ0n) is 84.5. The van der Waals surface area contributed by atoms with Gasteiger partial charge in [-0.2, -0.15) is 0 Å². The van der Waals surface area contributed by atoms with Crippen LogP contribution in [0.15, 0.2) is 343 Å². The van der Waals surface area contributed by atoms with Crippen molar-refractivity contribution >= 4 is 73.7 Å². The number of fused-ring (bicyclic) bond motifs is 3. The molecular formula is C126H114Ir4N8O6Pt-3. The average Bonchev–Trinajstić information content (AvgIpc) is 0.940. The number of allylic oxidation sites excluding steroid dienone is 6. The van der Waals surface area contributed by atoms with E-state index < -0.39 is 0 Å². The van der Waals surface area contributed by atoms with Crippen molar-refractivity contribution in [2.75, 3.05) is 0 Å². The second-order valence-electron chi connectivity index (χ2n) is 34.3. The predicted molar refractivity (Wildman–Crippen MR) is 576 cm³/mol. The minimum Gasteiger partial charge on any atom is -0.512 e. The molecule has 3 N–H and O–H groups in total. The first kappa shape index (κ1) is 120. The van der Waals surface area contributed by atoms with Crippen molar-refractivity contribution in [2.45, 2.75) is 132 Å². The summed E-state index contributed by atoms with van der Waals surface area (Å²) >= 11 is 0. The molecular weight excluding hydrogens is 2690 g/mol. The number of rotatable bonds is 15. The van der Waals surface area contributed by atoms with Gasteiger partial charge >= 0.3 is 41.2 Å². The van der Waals surface area contributed by atoms with Crippen LogP contribution in [0.2, 0.25) is 0 Å². The number of carbonyl (C=O) groups excluding carboxylic acids is 3. The minimum absolute atomic E-state index is 0. The number of hydrogen-bond donors (Lipinski definition) is 3. The largest absolute Gasteiger partial charge is 3.00 e. The maximum Gasteiger partial charge on any atom is 3.00 e. The van der Waals surface area contributed by atoms with Crippen molar-refractivity contribution in [3.05, 3.63) is 465 Å². The van der Waals surface area contributed by atoms with Crippen LogP contribution in [-0.2, 0) is 116 Å². The summed E-state index contributed by atoms with van der Waals surface area (Å²) in [5.41, 5.74) is 36.6. The summed E-state index contributed by atoms with van der Waals surface area (Å²) < 4.78 is 0. The van der Waals surface area contributed by atoms with Crippen LogP contribution in [0.3, 0.4) is 0 Å². The van der Waals surface area contributed by atoms with Crippen LogP contribution >= 0.6 is 0 Å². The van der Waals surface area contributed by atoms with E-state index in [2.05, 4.69) is 304 Å².